The van der Waals surface area contributed by atoms with E-state index in [9.17, 15) is 4.39 Å². The third kappa shape index (κ3) is 7.96. The molecule has 0 heterocycles. The average molecular weight is 358 g/mol. The zero-order chi connectivity index (χ0) is 15.5. The van der Waals surface area contributed by atoms with Gasteiger partial charge < -0.3 is 5.32 Å². The van der Waals surface area contributed by atoms with Gasteiger partial charge >= 0.3 is 0 Å². The smallest absolute Gasteiger partial charge is 0.126 e. The Morgan fingerprint density at radius 3 is 2.43 bits per heavy atom. The summed E-state index contributed by atoms with van der Waals surface area (Å²) in [5, 5.41) is 3.33. The van der Waals surface area contributed by atoms with Crippen molar-refractivity contribution in [2.75, 3.05) is 7.05 Å². The van der Waals surface area contributed by atoms with E-state index in [2.05, 4.69) is 28.2 Å². The van der Waals surface area contributed by atoms with Crippen LogP contribution in [0.25, 0.3) is 0 Å². The number of rotatable bonds is 11. The maximum atomic E-state index is 13.8. The van der Waals surface area contributed by atoms with Gasteiger partial charge in [0.15, 0.2) is 0 Å². The highest BCUT2D eigenvalue weighted by molar-refractivity contribution is 9.10. The number of hydrogen-bond acceptors (Lipinski definition) is 1. The highest BCUT2D eigenvalue weighted by Gasteiger charge is 2.11. The first-order valence-electron chi connectivity index (χ1n) is 8.28. The van der Waals surface area contributed by atoms with Crippen LogP contribution in [0.2, 0.25) is 0 Å². The Labute approximate surface area is 137 Å². The molecule has 120 valence electrons. The maximum absolute atomic E-state index is 13.8. The Morgan fingerprint density at radius 2 is 1.76 bits per heavy atom. The van der Waals surface area contributed by atoms with E-state index in [1.54, 1.807) is 12.1 Å². The van der Waals surface area contributed by atoms with E-state index < -0.39 is 0 Å². The highest BCUT2D eigenvalue weighted by atomic mass is 79.9. The molecule has 0 aromatic heterocycles. The molecule has 0 spiro atoms. The number of likely N-dealkylation sites (N-methyl/N-ethyl adjacent to an activating group) is 1. The fourth-order valence-electron chi connectivity index (χ4n) is 2.66. The minimum absolute atomic E-state index is 0.0991. The Balaban J connectivity index is 2.27. The van der Waals surface area contributed by atoms with Crippen molar-refractivity contribution in [2.24, 2.45) is 0 Å². The molecule has 1 aromatic rings. The molecular formula is C18H29BrFN. The molecule has 0 saturated carbocycles. The second kappa shape index (κ2) is 11.2. The second-order valence-corrected chi connectivity index (χ2v) is 6.75. The van der Waals surface area contributed by atoms with E-state index in [0.29, 0.717) is 6.04 Å². The molecular weight excluding hydrogens is 329 g/mol. The summed E-state index contributed by atoms with van der Waals surface area (Å²) in [6.45, 7) is 2.25. The van der Waals surface area contributed by atoms with Crippen LogP contribution in [0.5, 0.6) is 0 Å². The van der Waals surface area contributed by atoms with Gasteiger partial charge in [-0.2, -0.15) is 0 Å². The molecule has 1 atom stereocenters. The summed E-state index contributed by atoms with van der Waals surface area (Å²) < 4.78 is 14.7. The van der Waals surface area contributed by atoms with Crippen LogP contribution in [-0.4, -0.2) is 13.1 Å². The molecule has 1 nitrogen and oxygen atoms in total. The van der Waals surface area contributed by atoms with Crippen molar-refractivity contribution in [1.82, 2.24) is 5.32 Å². The molecule has 0 aliphatic heterocycles. The molecule has 1 rings (SSSR count). The van der Waals surface area contributed by atoms with Crippen molar-refractivity contribution < 1.29 is 4.39 Å². The molecule has 0 fully saturated rings. The number of hydrogen-bond donors (Lipinski definition) is 1. The summed E-state index contributed by atoms with van der Waals surface area (Å²) in [6.07, 6.45) is 11.1. The van der Waals surface area contributed by atoms with E-state index in [1.807, 2.05) is 13.1 Å². The lowest BCUT2D eigenvalue weighted by Crippen LogP contribution is -2.27. The minimum atomic E-state index is -0.0991. The van der Waals surface area contributed by atoms with Crippen LogP contribution in [0.15, 0.2) is 22.7 Å². The number of halogens is 2. The van der Waals surface area contributed by atoms with Crippen LogP contribution in [0.1, 0.15) is 63.9 Å². The van der Waals surface area contributed by atoms with Crippen molar-refractivity contribution in [3.05, 3.63) is 34.1 Å². The lowest BCUT2D eigenvalue weighted by molar-refractivity contribution is 0.470. The highest BCUT2D eigenvalue weighted by Crippen LogP contribution is 2.19. The van der Waals surface area contributed by atoms with Crippen molar-refractivity contribution >= 4 is 15.9 Å². The fraction of sp³-hybridized carbons (Fsp3) is 0.667. The van der Waals surface area contributed by atoms with Gasteiger partial charge in [-0.15, -0.1) is 0 Å². The zero-order valence-corrected chi connectivity index (χ0v) is 15.0. The molecule has 0 saturated heterocycles. The van der Waals surface area contributed by atoms with Gasteiger partial charge in [-0.05, 0) is 43.7 Å². The van der Waals surface area contributed by atoms with Crippen molar-refractivity contribution in [1.29, 1.82) is 0 Å². The number of benzene rings is 1. The van der Waals surface area contributed by atoms with E-state index in [1.165, 1.54) is 44.9 Å². The standard InChI is InChI=1S/C18H29BrFN/c1-3-4-5-6-7-8-9-10-17(21-2)14-15-13-16(19)11-12-18(15)20/h11-13,17,21H,3-10,14H2,1-2H3. The molecule has 0 bridgehead atoms. The monoisotopic (exact) mass is 357 g/mol. The molecule has 0 aliphatic rings. The van der Waals surface area contributed by atoms with Gasteiger partial charge in [0.2, 0.25) is 0 Å². The van der Waals surface area contributed by atoms with E-state index in [4.69, 9.17) is 0 Å². The van der Waals surface area contributed by atoms with E-state index in [0.717, 1.165) is 22.9 Å². The van der Waals surface area contributed by atoms with Gasteiger partial charge in [0, 0.05) is 10.5 Å². The predicted octanol–water partition coefficient (Wildman–Crippen LogP) is 5.86. The molecule has 0 aliphatic carbocycles. The molecule has 1 N–H and O–H groups in total. The molecule has 21 heavy (non-hydrogen) atoms. The molecule has 0 amide bonds. The molecule has 3 heteroatoms. The minimum Gasteiger partial charge on any atom is -0.317 e. The Morgan fingerprint density at radius 1 is 1.10 bits per heavy atom. The van der Waals surface area contributed by atoms with Gasteiger partial charge in [0.25, 0.3) is 0 Å². The molecule has 0 radical (unpaired) electrons. The third-order valence-corrected chi connectivity index (χ3v) is 4.53. The first-order chi connectivity index (χ1) is 10.2. The topological polar surface area (TPSA) is 12.0 Å². The first-order valence-corrected chi connectivity index (χ1v) is 9.07. The second-order valence-electron chi connectivity index (χ2n) is 5.84. The van der Waals surface area contributed by atoms with Gasteiger partial charge in [0.05, 0.1) is 0 Å². The quantitative estimate of drug-likeness (QED) is 0.489. The Hall–Kier alpha value is -0.410. The summed E-state index contributed by atoms with van der Waals surface area (Å²) in [7, 11) is 1.97. The number of unbranched alkanes of at least 4 members (excludes halogenated alkanes) is 6. The third-order valence-electron chi connectivity index (χ3n) is 4.04. The van der Waals surface area contributed by atoms with Crippen LogP contribution in [0.3, 0.4) is 0 Å². The lowest BCUT2D eigenvalue weighted by Gasteiger charge is -2.17. The van der Waals surface area contributed by atoms with Crippen LogP contribution in [0, 0.1) is 5.82 Å². The average Bonchev–Trinajstić information content (AvgIpc) is 2.48. The summed E-state index contributed by atoms with van der Waals surface area (Å²) >= 11 is 3.41. The SMILES string of the molecule is CCCCCCCCCC(Cc1cc(Br)ccc1F)NC. The summed E-state index contributed by atoms with van der Waals surface area (Å²) in [4.78, 5) is 0. The molecule has 1 aromatic carbocycles. The molecule has 1 unspecified atom stereocenters. The van der Waals surface area contributed by atoms with Crippen LogP contribution >= 0.6 is 15.9 Å². The van der Waals surface area contributed by atoms with Crippen LogP contribution in [0.4, 0.5) is 4.39 Å². The number of nitrogens with one attached hydrogen (secondary N) is 1. The van der Waals surface area contributed by atoms with Crippen molar-refractivity contribution in [3.63, 3.8) is 0 Å². The Bertz CT molecular complexity index is 395. The fourth-order valence-corrected chi connectivity index (χ4v) is 3.07. The predicted molar refractivity (Wildman–Crippen MR) is 93.3 cm³/mol. The zero-order valence-electron chi connectivity index (χ0n) is 13.4. The normalized spacial score (nSPS) is 12.6. The van der Waals surface area contributed by atoms with Gasteiger partial charge in [-0.3, -0.25) is 0 Å². The van der Waals surface area contributed by atoms with Crippen LogP contribution < -0.4 is 5.32 Å². The largest absolute Gasteiger partial charge is 0.317 e. The summed E-state index contributed by atoms with van der Waals surface area (Å²) in [6, 6.07) is 5.55. The van der Waals surface area contributed by atoms with Gasteiger partial charge in [0.1, 0.15) is 5.82 Å². The van der Waals surface area contributed by atoms with Crippen molar-refractivity contribution in [2.45, 2.75) is 70.8 Å². The van der Waals surface area contributed by atoms with Crippen LogP contribution in [-0.2, 0) is 6.42 Å². The lowest BCUT2D eigenvalue weighted by atomic mass is 9.99. The summed E-state index contributed by atoms with van der Waals surface area (Å²) in [5.41, 5.74) is 0.798. The van der Waals surface area contributed by atoms with E-state index >= 15 is 0 Å². The Kier molecular flexibility index (Phi) is 9.94. The van der Waals surface area contributed by atoms with Crippen molar-refractivity contribution in [3.8, 4) is 0 Å². The summed E-state index contributed by atoms with van der Waals surface area (Å²) in [5.74, 6) is -0.0991. The van der Waals surface area contributed by atoms with E-state index in [-0.39, 0.29) is 5.82 Å². The van der Waals surface area contributed by atoms with Gasteiger partial charge in [-0.25, -0.2) is 4.39 Å². The van der Waals surface area contributed by atoms with Gasteiger partial charge in [-0.1, -0.05) is 67.8 Å². The maximum Gasteiger partial charge on any atom is 0.126 e. The first kappa shape index (κ1) is 18.6.